The molecule has 1 saturated heterocycles. The summed E-state index contributed by atoms with van der Waals surface area (Å²) in [7, 11) is -0.514. The largest absolute Gasteiger partial charge is 0.493 e. The van der Waals surface area contributed by atoms with E-state index in [4.69, 9.17) is 9.47 Å². The van der Waals surface area contributed by atoms with Gasteiger partial charge in [0, 0.05) is 25.2 Å². The van der Waals surface area contributed by atoms with Crippen molar-refractivity contribution >= 4 is 21.8 Å². The average Bonchev–Trinajstić information content (AvgIpc) is 3.40. The van der Waals surface area contributed by atoms with Crippen molar-refractivity contribution in [2.45, 2.75) is 36.7 Å². The van der Waals surface area contributed by atoms with Gasteiger partial charge in [0.15, 0.2) is 17.3 Å². The number of likely N-dealkylation sites (tertiary alicyclic amines) is 1. The van der Waals surface area contributed by atoms with Crippen LogP contribution in [0.1, 0.15) is 29.5 Å². The molecule has 9 heteroatoms. The Labute approximate surface area is 187 Å². The Kier molecular flexibility index (Phi) is 5.08. The second kappa shape index (κ2) is 7.81. The fraction of sp³-hybridized carbons (Fsp3) is 0.391. The van der Waals surface area contributed by atoms with Gasteiger partial charge in [-0.2, -0.15) is 8.42 Å². The van der Waals surface area contributed by atoms with Crippen LogP contribution in [0.4, 0.5) is 0 Å². The van der Waals surface area contributed by atoms with Crippen molar-refractivity contribution < 1.29 is 22.7 Å². The number of amides is 1. The number of sulfonamides is 1. The number of rotatable bonds is 3. The summed E-state index contributed by atoms with van der Waals surface area (Å²) in [5.41, 5.74) is 2.76. The molecule has 0 unspecified atom stereocenters. The van der Waals surface area contributed by atoms with E-state index in [9.17, 15) is 13.2 Å². The Bertz CT molecular complexity index is 1220. The van der Waals surface area contributed by atoms with Crippen LogP contribution in [-0.2, 0) is 27.8 Å². The van der Waals surface area contributed by atoms with Crippen molar-refractivity contribution in [2.75, 3.05) is 27.3 Å². The Hall–Kier alpha value is -3.07. The van der Waals surface area contributed by atoms with Crippen molar-refractivity contribution in [3.8, 4) is 11.5 Å². The highest BCUT2D eigenvalue weighted by molar-refractivity contribution is 7.90. The molecule has 0 aromatic heterocycles. The van der Waals surface area contributed by atoms with E-state index >= 15 is 0 Å². The molecular formula is C23H25N3O5S. The molecule has 0 spiro atoms. The quantitative estimate of drug-likeness (QED) is 0.705. The fourth-order valence-corrected chi connectivity index (χ4v) is 6.07. The maximum absolute atomic E-state index is 13.6. The molecule has 2 aromatic rings. The smallest absolute Gasteiger partial charge is 0.285 e. The van der Waals surface area contributed by atoms with Crippen molar-refractivity contribution in [1.82, 2.24) is 9.80 Å². The number of nitrogens with zero attached hydrogens (tertiary/aromatic N) is 3. The van der Waals surface area contributed by atoms with Gasteiger partial charge in [0.1, 0.15) is 10.9 Å². The molecule has 3 aliphatic heterocycles. The fourth-order valence-electron chi connectivity index (χ4n) is 4.85. The van der Waals surface area contributed by atoms with Crippen LogP contribution in [0.25, 0.3) is 0 Å². The Balaban J connectivity index is 1.41. The lowest BCUT2D eigenvalue weighted by Gasteiger charge is -2.34. The minimum Gasteiger partial charge on any atom is -0.493 e. The molecule has 5 rings (SSSR count). The maximum atomic E-state index is 13.6. The Morgan fingerprint density at radius 1 is 1.06 bits per heavy atom. The molecule has 0 saturated carbocycles. The van der Waals surface area contributed by atoms with Crippen LogP contribution in [0.2, 0.25) is 0 Å². The lowest BCUT2D eigenvalue weighted by molar-refractivity contribution is -0.135. The molecule has 3 heterocycles. The van der Waals surface area contributed by atoms with Crippen molar-refractivity contribution in [1.29, 1.82) is 0 Å². The summed E-state index contributed by atoms with van der Waals surface area (Å²) >= 11 is 0. The average molecular weight is 456 g/mol. The van der Waals surface area contributed by atoms with Crippen molar-refractivity contribution in [2.24, 2.45) is 4.40 Å². The van der Waals surface area contributed by atoms with Crippen LogP contribution in [0.5, 0.6) is 11.5 Å². The molecule has 8 nitrogen and oxygen atoms in total. The van der Waals surface area contributed by atoms with Gasteiger partial charge < -0.3 is 19.3 Å². The van der Waals surface area contributed by atoms with E-state index in [1.807, 2.05) is 21.9 Å². The number of fused-ring (bicyclic) bond motifs is 2. The standard InChI is InChI=1S/C23H25N3O5S/c1-30-19-12-15-9-11-25(14-16(15)13-20(19)31-2)23(27)18-7-5-10-26(18)22-17-6-3-4-8-21(17)32(28,29)24-22/h3-4,6,8,12-13,18H,5,7,9-11,14H2,1-2H3/t18-/m0/s1. The zero-order chi connectivity index (χ0) is 22.5. The number of carbonyl (C=O) groups excluding carboxylic acids is 1. The van der Waals surface area contributed by atoms with Gasteiger partial charge in [-0.05, 0) is 54.7 Å². The first kappa shape index (κ1) is 20.8. The van der Waals surface area contributed by atoms with Gasteiger partial charge in [0.05, 0.1) is 14.2 Å². The zero-order valence-electron chi connectivity index (χ0n) is 18.1. The van der Waals surface area contributed by atoms with Gasteiger partial charge in [0.25, 0.3) is 10.0 Å². The number of carbonyl (C=O) groups is 1. The molecule has 1 atom stereocenters. The van der Waals surface area contributed by atoms with E-state index in [1.165, 1.54) is 0 Å². The van der Waals surface area contributed by atoms with E-state index in [-0.39, 0.29) is 10.8 Å². The number of methoxy groups -OCH3 is 2. The minimum atomic E-state index is -3.72. The third-order valence-electron chi connectivity index (χ3n) is 6.45. The first-order valence-corrected chi connectivity index (χ1v) is 12.1. The molecule has 0 radical (unpaired) electrons. The topological polar surface area (TPSA) is 88.5 Å². The SMILES string of the molecule is COc1cc2c(cc1OC)CN(C(=O)[C@@H]1CCCN1C1=NS(=O)(=O)c3ccccc31)CC2. The van der Waals surface area contributed by atoms with Gasteiger partial charge in [-0.1, -0.05) is 12.1 Å². The molecule has 168 valence electrons. The van der Waals surface area contributed by atoms with Crippen LogP contribution in [0.3, 0.4) is 0 Å². The van der Waals surface area contributed by atoms with Crippen molar-refractivity contribution in [3.05, 3.63) is 53.1 Å². The third kappa shape index (κ3) is 3.31. The minimum absolute atomic E-state index is 0.00686. The predicted octanol–water partition coefficient (Wildman–Crippen LogP) is 2.20. The molecule has 2 aromatic carbocycles. The second-order valence-corrected chi connectivity index (χ2v) is 9.80. The highest BCUT2D eigenvalue weighted by atomic mass is 32.2. The summed E-state index contributed by atoms with van der Waals surface area (Å²) in [4.78, 5) is 17.5. The first-order chi connectivity index (χ1) is 15.4. The Morgan fingerprint density at radius 3 is 2.53 bits per heavy atom. The summed E-state index contributed by atoms with van der Waals surface area (Å²) in [6.07, 6.45) is 2.22. The molecule has 0 aliphatic carbocycles. The van der Waals surface area contributed by atoms with E-state index in [0.717, 1.165) is 24.0 Å². The molecule has 1 fully saturated rings. The molecule has 0 N–H and O–H groups in total. The number of hydrogen-bond acceptors (Lipinski definition) is 6. The predicted molar refractivity (Wildman–Crippen MR) is 119 cm³/mol. The second-order valence-electron chi connectivity index (χ2n) is 8.22. The van der Waals surface area contributed by atoms with Gasteiger partial charge >= 0.3 is 0 Å². The molecule has 3 aliphatic rings. The maximum Gasteiger partial charge on any atom is 0.285 e. The van der Waals surface area contributed by atoms with Gasteiger partial charge in [-0.3, -0.25) is 4.79 Å². The normalized spacial score (nSPS) is 21.1. The highest BCUT2D eigenvalue weighted by Gasteiger charge is 2.41. The van der Waals surface area contributed by atoms with Crippen LogP contribution < -0.4 is 9.47 Å². The van der Waals surface area contributed by atoms with Gasteiger partial charge in [-0.25, -0.2) is 0 Å². The summed E-state index contributed by atoms with van der Waals surface area (Å²) in [5, 5.41) is 0. The monoisotopic (exact) mass is 455 g/mol. The number of benzene rings is 2. The molecular weight excluding hydrogens is 430 g/mol. The van der Waals surface area contributed by atoms with Crippen molar-refractivity contribution in [3.63, 3.8) is 0 Å². The number of amidine groups is 1. The van der Waals surface area contributed by atoms with E-state index in [2.05, 4.69) is 4.40 Å². The third-order valence-corrected chi connectivity index (χ3v) is 7.78. The summed E-state index contributed by atoms with van der Waals surface area (Å²) in [5.74, 6) is 1.73. The summed E-state index contributed by atoms with van der Waals surface area (Å²) in [6, 6.07) is 10.3. The van der Waals surface area contributed by atoms with Gasteiger partial charge in [-0.15, -0.1) is 4.40 Å². The van der Waals surface area contributed by atoms with Crippen LogP contribution in [0.15, 0.2) is 45.7 Å². The highest BCUT2D eigenvalue weighted by Crippen LogP contribution is 2.35. The first-order valence-electron chi connectivity index (χ1n) is 10.7. The summed E-state index contributed by atoms with van der Waals surface area (Å²) in [6.45, 7) is 1.70. The molecule has 0 bridgehead atoms. The van der Waals surface area contributed by atoms with E-state index in [0.29, 0.717) is 49.0 Å². The van der Waals surface area contributed by atoms with E-state index in [1.54, 1.807) is 38.5 Å². The lowest BCUT2D eigenvalue weighted by Crippen LogP contribution is -2.49. The van der Waals surface area contributed by atoms with Crippen LogP contribution >= 0.6 is 0 Å². The van der Waals surface area contributed by atoms with E-state index < -0.39 is 16.1 Å². The Morgan fingerprint density at radius 2 is 1.78 bits per heavy atom. The van der Waals surface area contributed by atoms with Crippen LogP contribution in [-0.4, -0.2) is 63.3 Å². The van der Waals surface area contributed by atoms with Gasteiger partial charge in [0.2, 0.25) is 5.91 Å². The zero-order valence-corrected chi connectivity index (χ0v) is 18.9. The molecule has 1 amide bonds. The lowest BCUT2D eigenvalue weighted by atomic mass is 9.98. The number of hydrogen-bond donors (Lipinski definition) is 0. The summed E-state index contributed by atoms with van der Waals surface area (Å²) < 4.78 is 39.9. The number of ether oxygens (including phenoxy) is 2. The molecule has 32 heavy (non-hydrogen) atoms. The van der Waals surface area contributed by atoms with Crippen LogP contribution in [0, 0.1) is 0 Å².